The van der Waals surface area contributed by atoms with Gasteiger partial charge in [0.05, 0.1) is 28.9 Å². The molecule has 0 spiro atoms. The predicted octanol–water partition coefficient (Wildman–Crippen LogP) is 3.56. The Morgan fingerprint density at radius 2 is 1.53 bits per heavy atom. The SMILES string of the molecule is CC(=O)OC[C@H]1O[C@@H](SC2=C(C#N)C(c3ccco3)C=C(c3ccccc3)N2)[C@H](OC(C)=O)[C@@H](OC(C)=O)[C@@H]1OC(C)=O. The van der Waals surface area contributed by atoms with Crippen LogP contribution in [0.5, 0.6) is 0 Å². The Morgan fingerprint density at radius 3 is 2.12 bits per heavy atom. The van der Waals surface area contributed by atoms with E-state index >= 15 is 0 Å². The van der Waals surface area contributed by atoms with E-state index in [4.69, 9.17) is 28.1 Å². The molecule has 1 aromatic heterocycles. The zero-order chi connectivity index (χ0) is 31.1. The molecule has 0 aliphatic carbocycles. The molecular weight excluding hydrogens is 580 g/mol. The third-order valence-electron chi connectivity index (χ3n) is 6.37. The average Bonchev–Trinajstić information content (AvgIpc) is 3.49. The number of benzene rings is 1. The van der Waals surface area contributed by atoms with Gasteiger partial charge in [-0.25, -0.2) is 0 Å². The van der Waals surface area contributed by atoms with Crippen molar-refractivity contribution in [3.05, 3.63) is 76.7 Å². The minimum atomic E-state index is -1.34. The van der Waals surface area contributed by atoms with Crippen molar-refractivity contribution >= 4 is 41.3 Å². The van der Waals surface area contributed by atoms with Crippen LogP contribution in [0.15, 0.2) is 69.8 Å². The maximum atomic E-state index is 12.3. The third kappa shape index (κ3) is 7.85. The molecule has 1 unspecified atom stereocenters. The minimum absolute atomic E-state index is 0.285. The molecule has 1 aromatic carbocycles. The summed E-state index contributed by atoms with van der Waals surface area (Å²) < 4.78 is 33.7. The maximum Gasteiger partial charge on any atom is 0.303 e. The quantitative estimate of drug-likeness (QED) is 0.324. The summed E-state index contributed by atoms with van der Waals surface area (Å²) in [5.41, 5.74) is 0.663. The van der Waals surface area contributed by atoms with Crippen LogP contribution in [-0.4, -0.2) is 60.3 Å². The second-order valence-electron chi connectivity index (χ2n) is 9.60. The molecule has 12 nitrogen and oxygen atoms in total. The zero-order valence-corrected chi connectivity index (χ0v) is 24.6. The summed E-state index contributed by atoms with van der Waals surface area (Å²) in [5, 5.41) is 13.9. The van der Waals surface area contributed by atoms with Crippen LogP contribution < -0.4 is 5.32 Å². The first-order chi connectivity index (χ1) is 20.6. The van der Waals surface area contributed by atoms with Gasteiger partial charge in [-0.3, -0.25) is 19.2 Å². The van der Waals surface area contributed by atoms with Crippen LogP contribution in [0.1, 0.15) is 44.9 Å². The fourth-order valence-electron chi connectivity index (χ4n) is 4.71. The van der Waals surface area contributed by atoms with Crippen LogP contribution in [0.4, 0.5) is 0 Å². The fraction of sp³-hybridized carbons (Fsp3) is 0.367. The highest BCUT2D eigenvalue weighted by molar-refractivity contribution is 8.03. The number of nitrogens with zero attached hydrogens (tertiary/aromatic N) is 1. The first-order valence-corrected chi connectivity index (χ1v) is 14.1. The van der Waals surface area contributed by atoms with Gasteiger partial charge in [0.2, 0.25) is 0 Å². The lowest BCUT2D eigenvalue weighted by molar-refractivity contribution is -0.237. The van der Waals surface area contributed by atoms with Gasteiger partial charge < -0.3 is 33.4 Å². The Bertz CT molecular complexity index is 1450. The van der Waals surface area contributed by atoms with Crippen LogP contribution in [-0.2, 0) is 42.9 Å². The Hall–Kier alpha value is -4.54. The summed E-state index contributed by atoms with van der Waals surface area (Å²) >= 11 is 1.01. The van der Waals surface area contributed by atoms with Gasteiger partial charge in [0.25, 0.3) is 0 Å². The van der Waals surface area contributed by atoms with Gasteiger partial charge >= 0.3 is 23.9 Å². The summed E-state index contributed by atoms with van der Waals surface area (Å²) in [4.78, 5) is 48.2. The summed E-state index contributed by atoms with van der Waals surface area (Å²) in [6.45, 7) is 4.30. The number of hydrogen-bond donors (Lipinski definition) is 1. The summed E-state index contributed by atoms with van der Waals surface area (Å²) in [5.74, 6) is -2.87. The van der Waals surface area contributed by atoms with Crippen molar-refractivity contribution in [3.63, 3.8) is 0 Å². The lowest BCUT2D eigenvalue weighted by atomic mass is 9.92. The molecule has 0 amide bonds. The molecule has 226 valence electrons. The summed E-state index contributed by atoms with van der Waals surface area (Å²) in [6.07, 6.45) is -1.68. The van der Waals surface area contributed by atoms with E-state index in [0.717, 1.165) is 31.2 Å². The summed E-state index contributed by atoms with van der Waals surface area (Å²) in [7, 11) is 0. The van der Waals surface area contributed by atoms with Crippen molar-refractivity contribution < 1.29 is 47.3 Å². The molecule has 1 fully saturated rings. The number of rotatable bonds is 9. The molecule has 3 heterocycles. The average molecular weight is 611 g/mol. The number of dihydropyridines is 1. The molecule has 0 saturated carbocycles. The molecular formula is C30H30N2O10S. The molecule has 1 saturated heterocycles. The number of allylic oxidation sites excluding steroid dienone is 2. The van der Waals surface area contributed by atoms with Crippen molar-refractivity contribution in [1.82, 2.24) is 5.32 Å². The number of carbonyl (C=O) groups is 4. The van der Waals surface area contributed by atoms with Gasteiger partial charge in [0, 0.05) is 33.4 Å². The standard InChI is InChI=1S/C30H30N2O10S/c1-16(33)38-15-25-26(39-17(2)34)27(40-18(3)35)28(41-19(4)36)30(42-25)43-29-22(14-31)21(24-11-8-12-37-24)13-23(32-29)20-9-6-5-7-10-20/h5-13,21,25-28,30,32H,15H2,1-4H3/t21?,25-,26-,27+,28-,30+/m1/s1. The van der Waals surface area contributed by atoms with Crippen LogP contribution in [0.3, 0.4) is 0 Å². The Morgan fingerprint density at radius 1 is 0.884 bits per heavy atom. The van der Waals surface area contributed by atoms with E-state index in [1.165, 1.54) is 20.1 Å². The normalized spacial score (nSPS) is 25.0. The largest absolute Gasteiger partial charge is 0.468 e. The number of thioether (sulfide) groups is 1. The maximum absolute atomic E-state index is 12.3. The number of nitriles is 1. The van der Waals surface area contributed by atoms with Gasteiger partial charge in [0.15, 0.2) is 23.7 Å². The smallest absolute Gasteiger partial charge is 0.303 e. The van der Waals surface area contributed by atoms with Crippen molar-refractivity contribution in [3.8, 4) is 6.07 Å². The molecule has 13 heteroatoms. The van der Waals surface area contributed by atoms with E-state index in [1.54, 1.807) is 12.1 Å². The highest BCUT2D eigenvalue weighted by atomic mass is 32.2. The van der Waals surface area contributed by atoms with Gasteiger partial charge in [-0.15, -0.1) is 0 Å². The first-order valence-electron chi connectivity index (χ1n) is 13.3. The lowest BCUT2D eigenvalue weighted by Gasteiger charge is -2.44. The van der Waals surface area contributed by atoms with Crippen LogP contribution in [0, 0.1) is 11.3 Å². The molecule has 6 atom stereocenters. The number of ether oxygens (including phenoxy) is 5. The Balaban J connectivity index is 1.79. The molecule has 2 aromatic rings. The van der Waals surface area contributed by atoms with Crippen LogP contribution in [0.2, 0.25) is 0 Å². The second-order valence-corrected chi connectivity index (χ2v) is 10.7. The van der Waals surface area contributed by atoms with Gasteiger partial charge in [-0.2, -0.15) is 5.26 Å². The molecule has 1 N–H and O–H groups in total. The molecule has 0 bridgehead atoms. The van der Waals surface area contributed by atoms with Crippen molar-refractivity contribution in [2.75, 3.05) is 6.61 Å². The Labute approximate surface area is 251 Å². The van der Waals surface area contributed by atoms with Gasteiger partial charge in [-0.05, 0) is 23.8 Å². The fourth-order valence-corrected chi connectivity index (χ4v) is 5.96. The number of nitrogens with one attached hydrogen (secondary N) is 1. The van der Waals surface area contributed by atoms with Gasteiger partial charge in [-0.1, -0.05) is 42.1 Å². The van der Waals surface area contributed by atoms with Crippen molar-refractivity contribution in [2.24, 2.45) is 0 Å². The zero-order valence-electron chi connectivity index (χ0n) is 23.8. The number of carbonyl (C=O) groups excluding carboxylic acids is 4. The number of furan rings is 1. The van der Waals surface area contributed by atoms with E-state index in [2.05, 4.69) is 11.4 Å². The molecule has 0 radical (unpaired) electrons. The Kier molecular flexibility index (Phi) is 10.3. The highest BCUT2D eigenvalue weighted by Gasteiger charge is 2.53. The predicted molar refractivity (Wildman–Crippen MR) is 151 cm³/mol. The van der Waals surface area contributed by atoms with E-state index in [0.29, 0.717) is 16.5 Å². The topological polar surface area (TPSA) is 163 Å². The van der Waals surface area contributed by atoms with E-state index in [-0.39, 0.29) is 12.2 Å². The third-order valence-corrected chi connectivity index (χ3v) is 7.54. The number of hydrogen-bond acceptors (Lipinski definition) is 13. The first kappa shape index (κ1) is 31.4. The van der Waals surface area contributed by atoms with E-state index < -0.39 is 59.6 Å². The number of esters is 4. The van der Waals surface area contributed by atoms with E-state index in [1.807, 2.05) is 36.4 Å². The summed E-state index contributed by atoms with van der Waals surface area (Å²) in [6, 6.07) is 15.1. The van der Waals surface area contributed by atoms with Gasteiger partial charge in [0.1, 0.15) is 18.5 Å². The van der Waals surface area contributed by atoms with Crippen molar-refractivity contribution in [1.29, 1.82) is 5.26 Å². The van der Waals surface area contributed by atoms with Crippen LogP contribution in [0.25, 0.3) is 5.70 Å². The minimum Gasteiger partial charge on any atom is -0.468 e. The van der Waals surface area contributed by atoms with Crippen molar-refractivity contribution in [2.45, 2.75) is 63.5 Å². The monoisotopic (exact) mass is 610 g/mol. The molecule has 43 heavy (non-hydrogen) atoms. The van der Waals surface area contributed by atoms with E-state index in [9.17, 15) is 24.4 Å². The molecule has 2 aliphatic rings. The second kappa shape index (κ2) is 14.1. The van der Waals surface area contributed by atoms with Crippen LogP contribution >= 0.6 is 11.8 Å². The lowest BCUT2D eigenvalue weighted by Crippen LogP contribution is -2.61. The highest BCUT2D eigenvalue weighted by Crippen LogP contribution is 2.43. The molecule has 2 aliphatic heterocycles. The molecule has 4 rings (SSSR count).